The van der Waals surface area contributed by atoms with Gasteiger partial charge in [-0.2, -0.15) is 0 Å². The highest BCUT2D eigenvalue weighted by atomic mass is 16.2. The second-order valence-corrected chi connectivity index (χ2v) is 7.08. The van der Waals surface area contributed by atoms with Gasteiger partial charge in [0.1, 0.15) is 0 Å². The maximum absolute atomic E-state index is 13.9. The lowest BCUT2D eigenvalue weighted by Crippen LogP contribution is -2.42. The molecule has 0 saturated carbocycles. The topological polar surface area (TPSA) is 49.4 Å². The second kappa shape index (κ2) is 7.69. The maximum atomic E-state index is 13.9. The molecule has 1 heterocycles. The van der Waals surface area contributed by atoms with E-state index in [1.54, 1.807) is 4.90 Å². The summed E-state index contributed by atoms with van der Waals surface area (Å²) in [6.45, 7) is 1.92. The number of carbonyl (C=O) groups excluding carboxylic acids is 2. The van der Waals surface area contributed by atoms with Gasteiger partial charge in [0.25, 0.3) is 0 Å². The summed E-state index contributed by atoms with van der Waals surface area (Å²) >= 11 is 0. The molecule has 2 amide bonds. The Morgan fingerprint density at radius 3 is 2.04 bits per heavy atom. The average molecular weight is 370 g/mol. The lowest BCUT2D eigenvalue weighted by atomic mass is 9.89. The summed E-state index contributed by atoms with van der Waals surface area (Å²) in [6.07, 6.45) is 0.261. The molecular weight excluding hydrogens is 348 g/mol. The summed E-state index contributed by atoms with van der Waals surface area (Å²) in [7, 11) is 0. The fourth-order valence-electron chi connectivity index (χ4n) is 3.83. The minimum absolute atomic E-state index is 0.0335. The summed E-state index contributed by atoms with van der Waals surface area (Å²) < 4.78 is 0. The van der Waals surface area contributed by atoms with Gasteiger partial charge in [-0.3, -0.25) is 9.59 Å². The van der Waals surface area contributed by atoms with Gasteiger partial charge in [-0.05, 0) is 30.2 Å². The number of hydrogen-bond donors (Lipinski definition) is 1. The number of anilines is 2. The number of amides is 2. The zero-order valence-electron chi connectivity index (χ0n) is 15.7. The van der Waals surface area contributed by atoms with Gasteiger partial charge in [-0.1, -0.05) is 72.8 Å². The first-order valence-corrected chi connectivity index (χ1v) is 9.47. The number of fused-ring (bicyclic) bond motifs is 1. The van der Waals surface area contributed by atoms with Crippen molar-refractivity contribution in [1.82, 2.24) is 0 Å². The van der Waals surface area contributed by atoms with Gasteiger partial charge >= 0.3 is 0 Å². The highest BCUT2D eigenvalue weighted by Crippen LogP contribution is 2.36. The van der Waals surface area contributed by atoms with Gasteiger partial charge < -0.3 is 10.2 Å². The molecule has 0 bridgehead atoms. The molecule has 0 aliphatic carbocycles. The van der Waals surface area contributed by atoms with Crippen LogP contribution in [0.3, 0.4) is 0 Å². The summed E-state index contributed by atoms with van der Waals surface area (Å²) in [4.78, 5) is 28.0. The van der Waals surface area contributed by atoms with Crippen molar-refractivity contribution in [3.8, 4) is 0 Å². The molecule has 1 atom stereocenters. The molecule has 4 nitrogen and oxygen atoms in total. The molecule has 4 heteroatoms. The van der Waals surface area contributed by atoms with Crippen LogP contribution in [0.25, 0.3) is 0 Å². The largest absolute Gasteiger partial charge is 0.324 e. The van der Waals surface area contributed by atoms with Crippen LogP contribution in [-0.2, 0) is 9.59 Å². The van der Waals surface area contributed by atoms with Gasteiger partial charge in [0, 0.05) is 12.5 Å². The van der Waals surface area contributed by atoms with Crippen molar-refractivity contribution in [2.45, 2.75) is 25.3 Å². The van der Waals surface area contributed by atoms with Gasteiger partial charge in [0.05, 0.1) is 17.3 Å². The number of para-hydroxylation sites is 2. The Morgan fingerprint density at radius 1 is 0.893 bits per heavy atom. The first-order valence-electron chi connectivity index (χ1n) is 9.47. The van der Waals surface area contributed by atoms with Crippen molar-refractivity contribution < 1.29 is 9.59 Å². The molecule has 0 aromatic heterocycles. The molecule has 0 radical (unpaired) electrons. The van der Waals surface area contributed by atoms with Crippen molar-refractivity contribution in [3.63, 3.8) is 0 Å². The van der Waals surface area contributed by atoms with Gasteiger partial charge in [0.2, 0.25) is 11.8 Å². The summed E-state index contributed by atoms with van der Waals surface area (Å²) in [5, 5.41) is 2.92. The van der Waals surface area contributed by atoms with E-state index in [1.165, 1.54) is 0 Å². The van der Waals surface area contributed by atoms with Crippen LogP contribution in [0, 0.1) is 0 Å². The molecule has 4 rings (SSSR count). The monoisotopic (exact) mass is 370 g/mol. The number of nitrogens with one attached hydrogen (secondary N) is 1. The van der Waals surface area contributed by atoms with E-state index in [4.69, 9.17) is 0 Å². The van der Waals surface area contributed by atoms with E-state index in [0.717, 1.165) is 16.8 Å². The number of carbonyl (C=O) groups is 2. The molecule has 0 spiro atoms. The second-order valence-electron chi connectivity index (χ2n) is 7.08. The number of rotatable bonds is 3. The van der Waals surface area contributed by atoms with Crippen LogP contribution in [0.15, 0.2) is 84.9 Å². The number of nitrogens with zero attached hydrogens (tertiary/aromatic N) is 1. The molecule has 140 valence electrons. The molecule has 28 heavy (non-hydrogen) atoms. The molecule has 3 aromatic rings. The third kappa shape index (κ3) is 3.41. The third-order valence-corrected chi connectivity index (χ3v) is 5.11. The summed E-state index contributed by atoms with van der Waals surface area (Å²) in [5.41, 5.74) is 3.28. The van der Waals surface area contributed by atoms with Gasteiger partial charge in [-0.25, -0.2) is 0 Å². The van der Waals surface area contributed by atoms with Crippen LogP contribution < -0.4 is 10.2 Å². The Bertz CT molecular complexity index is 946. The zero-order valence-corrected chi connectivity index (χ0v) is 15.7. The van der Waals surface area contributed by atoms with E-state index in [9.17, 15) is 9.59 Å². The SMILES string of the molecule is C[C@H]1CC(=O)Nc2ccccc2N1C(=O)C(c1ccccc1)c1ccccc1. The number of benzene rings is 3. The first-order chi connectivity index (χ1) is 13.6. The highest BCUT2D eigenvalue weighted by molar-refractivity contribution is 6.07. The van der Waals surface area contributed by atoms with Crippen molar-refractivity contribution in [1.29, 1.82) is 0 Å². The Balaban J connectivity index is 1.84. The normalized spacial score (nSPS) is 16.3. The van der Waals surface area contributed by atoms with Gasteiger partial charge in [0.15, 0.2) is 0 Å². The van der Waals surface area contributed by atoms with Crippen molar-refractivity contribution >= 4 is 23.2 Å². The van der Waals surface area contributed by atoms with Gasteiger partial charge in [-0.15, -0.1) is 0 Å². The maximum Gasteiger partial charge on any atom is 0.239 e. The standard InChI is InChI=1S/C24H22N2O2/c1-17-16-22(27)25-20-14-8-9-15-21(20)26(17)24(28)23(18-10-4-2-5-11-18)19-12-6-3-7-13-19/h2-15,17,23H,16H2,1H3,(H,25,27)/t17-/m0/s1. The van der Waals surface area contributed by atoms with Crippen molar-refractivity contribution in [2.24, 2.45) is 0 Å². The number of hydrogen-bond acceptors (Lipinski definition) is 2. The molecular formula is C24H22N2O2. The van der Waals surface area contributed by atoms with Crippen molar-refractivity contribution in [2.75, 3.05) is 10.2 Å². The molecule has 0 saturated heterocycles. The van der Waals surface area contributed by atoms with E-state index < -0.39 is 5.92 Å². The molecule has 0 unspecified atom stereocenters. The average Bonchev–Trinajstić information content (AvgIpc) is 2.84. The minimum Gasteiger partial charge on any atom is -0.324 e. The van der Waals surface area contributed by atoms with Crippen LogP contribution >= 0.6 is 0 Å². The molecule has 3 aromatic carbocycles. The molecule has 1 aliphatic rings. The van der Waals surface area contributed by atoms with Crippen LogP contribution in [0.4, 0.5) is 11.4 Å². The van der Waals surface area contributed by atoms with E-state index in [2.05, 4.69) is 5.32 Å². The van der Waals surface area contributed by atoms with Crippen LogP contribution in [-0.4, -0.2) is 17.9 Å². The quantitative estimate of drug-likeness (QED) is 0.733. The smallest absolute Gasteiger partial charge is 0.239 e. The fourth-order valence-corrected chi connectivity index (χ4v) is 3.83. The Morgan fingerprint density at radius 2 is 1.43 bits per heavy atom. The molecule has 0 fully saturated rings. The first kappa shape index (κ1) is 18.0. The highest BCUT2D eigenvalue weighted by Gasteiger charge is 2.35. The van der Waals surface area contributed by atoms with E-state index in [-0.39, 0.29) is 24.3 Å². The zero-order chi connectivity index (χ0) is 19.5. The predicted octanol–water partition coefficient (Wildman–Crippen LogP) is 4.58. The Labute approximate surface area is 164 Å². The van der Waals surface area contributed by atoms with Crippen LogP contribution in [0.2, 0.25) is 0 Å². The predicted molar refractivity (Wildman–Crippen MR) is 111 cm³/mol. The Hall–Kier alpha value is -3.40. The lowest BCUT2D eigenvalue weighted by Gasteiger charge is -2.32. The van der Waals surface area contributed by atoms with E-state index >= 15 is 0 Å². The Kier molecular flexibility index (Phi) is 4.94. The molecule has 1 N–H and O–H groups in total. The van der Waals surface area contributed by atoms with E-state index in [0.29, 0.717) is 5.69 Å². The lowest BCUT2D eigenvalue weighted by molar-refractivity contribution is -0.119. The van der Waals surface area contributed by atoms with E-state index in [1.807, 2.05) is 91.9 Å². The fraction of sp³-hybridized carbons (Fsp3) is 0.167. The van der Waals surface area contributed by atoms with Crippen LogP contribution in [0.1, 0.15) is 30.4 Å². The minimum atomic E-state index is -0.439. The third-order valence-electron chi connectivity index (χ3n) is 5.11. The van der Waals surface area contributed by atoms with Crippen LogP contribution in [0.5, 0.6) is 0 Å². The van der Waals surface area contributed by atoms with Crippen molar-refractivity contribution in [3.05, 3.63) is 96.1 Å². The molecule has 1 aliphatic heterocycles. The summed E-state index contributed by atoms with van der Waals surface area (Å²) in [5.74, 6) is -0.550. The summed E-state index contributed by atoms with van der Waals surface area (Å²) in [6, 6.07) is 26.8.